The number of furan rings is 1. The third-order valence-corrected chi connectivity index (χ3v) is 4.67. The zero-order valence-electron chi connectivity index (χ0n) is 13.5. The van der Waals surface area contributed by atoms with Gasteiger partial charge in [0.25, 0.3) is 0 Å². The SMILES string of the molecule is O=C(NCc1cccnc1N1CCOCC1)C1CC1c1ccco1. The third kappa shape index (κ3) is 3.14. The Balaban J connectivity index is 1.37. The Kier molecular flexibility index (Phi) is 4.21. The molecule has 1 saturated carbocycles. The largest absolute Gasteiger partial charge is 0.469 e. The van der Waals surface area contributed by atoms with Crippen molar-refractivity contribution in [3.8, 4) is 0 Å². The predicted octanol–water partition coefficient (Wildman–Crippen LogP) is 1.93. The Morgan fingerprint density at radius 1 is 1.29 bits per heavy atom. The first-order valence-electron chi connectivity index (χ1n) is 8.40. The van der Waals surface area contributed by atoms with Gasteiger partial charge in [-0.05, 0) is 24.6 Å². The summed E-state index contributed by atoms with van der Waals surface area (Å²) in [5.41, 5.74) is 1.04. The summed E-state index contributed by atoms with van der Waals surface area (Å²) in [6.07, 6.45) is 4.32. The minimum absolute atomic E-state index is 0.0275. The van der Waals surface area contributed by atoms with Crippen LogP contribution >= 0.6 is 0 Å². The molecule has 126 valence electrons. The maximum absolute atomic E-state index is 12.4. The summed E-state index contributed by atoms with van der Waals surface area (Å²) < 4.78 is 10.8. The quantitative estimate of drug-likeness (QED) is 0.909. The second-order valence-electron chi connectivity index (χ2n) is 6.27. The van der Waals surface area contributed by atoms with Gasteiger partial charge in [0.15, 0.2) is 0 Å². The summed E-state index contributed by atoms with van der Waals surface area (Å²) in [7, 11) is 0. The van der Waals surface area contributed by atoms with E-state index in [0.29, 0.717) is 6.54 Å². The fraction of sp³-hybridized carbons (Fsp3) is 0.444. The van der Waals surface area contributed by atoms with Gasteiger partial charge in [0.1, 0.15) is 11.6 Å². The van der Waals surface area contributed by atoms with Crippen molar-refractivity contribution in [2.75, 3.05) is 31.2 Å². The van der Waals surface area contributed by atoms with E-state index in [9.17, 15) is 4.79 Å². The van der Waals surface area contributed by atoms with Crippen molar-refractivity contribution in [2.45, 2.75) is 18.9 Å². The highest BCUT2D eigenvalue weighted by Crippen LogP contribution is 2.47. The fourth-order valence-electron chi connectivity index (χ4n) is 3.24. The molecule has 0 aromatic carbocycles. The number of hydrogen-bond acceptors (Lipinski definition) is 5. The van der Waals surface area contributed by atoms with E-state index in [4.69, 9.17) is 9.15 Å². The summed E-state index contributed by atoms with van der Waals surface area (Å²) in [5.74, 6) is 2.20. The topological polar surface area (TPSA) is 67.6 Å². The number of nitrogens with one attached hydrogen (secondary N) is 1. The number of anilines is 1. The standard InChI is InChI=1S/C18H21N3O3/c22-18(15-11-14(15)16-4-2-8-24-16)20-12-13-3-1-5-19-17(13)21-6-9-23-10-7-21/h1-5,8,14-15H,6-7,9-12H2,(H,20,22). The second kappa shape index (κ2) is 6.65. The van der Waals surface area contributed by atoms with Crippen molar-refractivity contribution >= 4 is 11.7 Å². The molecule has 6 nitrogen and oxygen atoms in total. The van der Waals surface area contributed by atoms with Crippen molar-refractivity contribution < 1.29 is 13.9 Å². The molecule has 2 unspecified atom stereocenters. The highest BCUT2D eigenvalue weighted by Gasteiger charge is 2.45. The molecule has 1 aliphatic carbocycles. The summed E-state index contributed by atoms with van der Waals surface area (Å²) in [5, 5.41) is 3.05. The van der Waals surface area contributed by atoms with Crippen LogP contribution in [-0.2, 0) is 16.1 Å². The van der Waals surface area contributed by atoms with E-state index in [0.717, 1.165) is 49.9 Å². The molecule has 2 aliphatic rings. The zero-order valence-corrected chi connectivity index (χ0v) is 13.5. The number of pyridine rings is 1. The molecule has 1 N–H and O–H groups in total. The van der Waals surface area contributed by atoms with Gasteiger partial charge in [-0.2, -0.15) is 0 Å². The third-order valence-electron chi connectivity index (χ3n) is 4.67. The van der Waals surface area contributed by atoms with E-state index in [1.165, 1.54) is 0 Å². The van der Waals surface area contributed by atoms with E-state index < -0.39 is 0 Å². The van der Waals surface area contributed by atoms with Crippen LogP contribution in [0.4, 0.5) is 5.82 Å². The van der Waals surface area contributed by atoms with Crippen LogP contribution in [0.1, 0.15) is 23.7 Å². The molecule has 4 rings (SSSR count). The summed E-state index contributed by atoms with van der Waals surface area (Å²) in [4.78, 5) is 19.1. The molecule has 2 atom stereocenters. The van der Waals surface area contributed by atoms with Gasteiger partial charge >= 0.3 is 0 Å². The van der Waals surface area contributed by atoms with Crippen molar-refractivity contribution in [2.24, 2.45) is 5.92 Å². The van der Waals surface area contributed by atoms with Gasteiger partial charge < -0.3 is 19.4 Å². The highest BCUT2D eigenvalue weighted by atomic mass is 16.5. The molecule has 1 amide bonds. The molecule has 3 heterocycles. The lowest BCUT2D eigenvalue weighted by atomic mass is 10.2. The molecule has 6 heteroatoms. The van der Waals surface area contributed by atoms with Crippen LogP contribution in [0.3, 0.4) is 0 Å². The van der Waals surface area contributed by atoms with E-state index in [-0.39, 0.29) is 17.7 Å². The van der Waals surface area contributed by atoms with E-state index in [1.807, 2.05) is 24.3 Å². The van der Waals surface area contributed by atoms with Gasteiger partial charge in [-0.1, -0.05) is 6.07 Å². The van der Waals surface area contributed by atoms with E-state index in [2.05, 4.69) is 15.2 Å². The molecule has 2 fully saturated rings. The van der Waals surface area contributed by atoms with Crippen molar-refractivity contribution in [3.63, 3.8) is 0 Å². The molecule has 1 aliphatic heterocycles. The summed E-state index contributed by atoms with van der Waals surface area (Å²) in [6.45, 7) is 3.60. The Labute approximate surface area is 140 Å². The number of nitrogens with zero attached hydrogens (tertiary/aromatic N) is 2. The van der Waals surface area contributed by atoms with Gasteiger partial charge in [0.05, 0.1) is 19.5 Å². The number of morpholine rings is 1. The molecular formula is C18H21N3O3. The van der Waals surface area contributed by atoms with Gasteiger partial charge in [-0.15, -0.1) is 0 Å². The molecule has 2 aromatic heterocycles. The number of carbonyl (C=O) groups excluding carboxylic acids is 1. The van der Waals surface area contributed by atoms with Gasteiger partial charge in [-0.3, -0.25) is 4.79 Å². The van der Waals surface area contributed by atoms with Crippen LogP contribution in [0, 0.1) is 5.92 Å². The highest BCUT2D eigenvalue weighted by molar-refractivity contribution is 5.82. The van der Waals surface area contributed by atoms with Crippen LogP contribution in [0.2, 0.25) is 0 Å². The molecule has 0 radical (unpaired) electrons. The first-order chi connectivity index (χ1) is 11.8. The number of hydrogen-bond donors (Lipinski definition) is 1. The monoisotopic (exact) mass is 327 g/mol. The maximum Gasteiger partial charge on any atom is 0.224 e. The lowest BCUT2D eigenvalue weighted by Gasteiger charge is -2.29. The fourth-order valence-corrected chi connectivity index (χ4v) is 3.24. The first-order valence-corrected chi connectivity index (χ1v) is 8.40. The van der Waals surface area contributed by atoms with Gasteiger partial charge in [0, 0.05) is 43.2 Å². The van der Waals surface area contributed by atoms with Crippen LogP contribution in [-0.4, -0.2) is 37.2 Å². The molecular weight excluding hydrogens is 306 g/mol. The zero-order chi connectivity index (χ0) is 16.4. The van der Waals surface area contributed by atoms with E-state index >= 15 is 0 Å². The predicted molar refractivity (Wildman–Crippen MR) is 88.7 cm³/mol. The summed E-state index contributed by atoms with van der Waals surface area (Å²) >= 11 is 0. The molecule has 1 saturated heterocycles. The van der Waals surface area contributed by atoms with Crippen LogP contribution in [0.5, 0.6) is 0 Å². The molecule has 0 spiro atoms. The Bertz CT molecular complexity index is 695. The molecule has 0 bridgehead atoms. The Morgan fingerprint density at radius 2 is 2.17 bits per heavy atom. The molecule has 24 heavy (non-hydrogen) atoms. The number of rotatable bonds is 5. The van der Waals surface area contributed by atoms with Crippen LogP contribution in [0.15, 0.2) is 41.1 Å². The number of carbonyl (C=O) groups is 1. The first kappa shape index (κ1) is 15.2. The number of amides is 1. The Morgan fingerprint density at radius 3 is 2.96 bits per heavy atom. The lowest BCUT2D eigenvalue weighted by molar-refractivity contribution is -0.122. The molecule has 2 aromatic rings. The van der Waals surface area contributed by atoms with Crippen LogP contribution < -0.4 is 10.2 Å². The minimum Gasteiger partial charge on any atom is -0.469 e. The second-order valence-corrected chi connectivity index (χ2v) is 6.27. The van der Waals surface area contributed by atoms with Gasteiger partial charge in [0.2, 0.25) is 5.91 Å². The number of aromatic nitrogens is 1. The maximum atomic E-state index is 12.4. The smallest absolute Gasteiger partial charge is 0.224 e. The van der Waals surface area contributed by atoms with Crippen molar-refractivity contribution in [3.05, 3.63) is 48.0 Å². The average Bonchev–Trinajstić information content (AvgIpc) is 3.26. The lowest BCUT2D eigenvalue weighted by Crippen LogP contribution is -2.38. The number of ether oxygens (including phenoxy) is 1. The summed E-state index contributed by atoms with van der Waals surface area (Å²) in [6, 6.07) is 7.74. The normalized spacial score (nSPS) is 23.1. The Hall–Kier alpha value is -2.34. The average molecular weight is 327 g/mol. The van der Waals surface area contributed by atoms with E-state index in [1.54, 1.807) is 12.5 Å². The van der Waals surface area contributed by atoms with Crippen molar-refractivity contribution in [1.82, 2.24) is 10.3 Å². The van der Waals surface area contributed by atoms with Crippen molar-refractivity contribution in [1.29, 1.82) is 0 Å². The minimum atomic E-state index is 0.0275. The van der Waals surface area contributed by atoms with Crippen LogP contribution in [0.25, 0.3) is 0 Å². The van der Waals surface area contributed by atoms with Gasteiger partial charge in [-0.25, -0.2) is 4.98 Å².